The molecule has 1 aliphatic heterocycles. The Bertz CT molecular complexity index is 1110. The van der Waals surface area contributed by atoms with Gasteiger partial charge < -0.3 is 9.64 Å². The van der Waals surface area contributed by atoms with Crippen molar-refractivity contribution in [1.29, 1.82) is 0 Å². The molecule has 2 unspecified atom stereocenters. The van der Waals surface area contributed by atoms with Crippen LogP contribution in [0.4, 0.5) is 0 Å². The quantitative estimate of drug-likeness (QED) is 0.407. The Morgan fingerprint density at radius 1 is 1.00 bits per heavy atom. The Morgan fingerprint density at radius 2 is 1.83 bits per heavy atom. The van der Waals surface area contributed by atoms with E-state index in [0.29, 0.717) is 17.9 Å². The maximum Gasteiger partial charge on any atom is 0.254 e. The fraction of sp³-hybridized carbons (Fsp3) is 0.419. The molecule has 2 fully saturated rings. The highest BCUT2D eigenvalue weighted by Gasteiger charge is 2.38. The van der Waals surface area contributed by atoms with Crippen LogP contribution in [-0.4, -0.2) is 53.5 Å². The normalized spacial score (nSPS) is 20.8. The summed E-state index contributed by atoms with van der Waals surface area (Å²) in [7, 11) is 1.73. The van der Waals surface area contributed by atoms with Crippen molar-refractivity contribution in [2.24, 2.45) is 5.92 Å². The van der Waals surface area contributed by atoms with E-state index in [1.54, 1.807) is 7.11 Å². The zero-order chi connectivity index (χ0) is 24.7. The van der Waals surface area contributed by atoms with Gasteiger partial charge in [0.2, 0.25) is 0 Å². The van der Waals surface area contributed by atoms with Crippen LogP contribution < -0.4 is 4.74 Å². The lowest BCUT2D eigenvalue weighted by Crippen LogP contribution is -2.45. The minimum atomic E-state index is 0.178. The number of amides is 1. The molecule has 0 spiro atoms. The molecule has 1 saturated heterocycles. The topological polar surface area (TPSA) is 45.7 Å². The van der Waals surface area contributed by atoms with Crippen LogP contribution >= 0.6 is 0 Å². The minimum absolute atomic E-state index is 0.178. The second kappa shape index (κ2) is 11.7. The monoisotopic (exact) mass is 483 g/mol. The summed E-state index contributed by atoms with van der Waals surface area (Å²) in [6.07, 6.45) is 9.69. The Balaban J connectivity index is 1.42. The van der Waals surface area contributed by atoms with Crippen LogP contribution in [0.5, 0.6) is 5.75 Å². The van der Waals surface area contributed by atoms with Crippen LogP contribution in [0.1, 0.15) is 59.5 Å². The smallest absolute Gasteiger partial charge is 0.254 e. The maximum absolute atomic E-state index is 13.8. The lowest BCUT2D eigenvalue weighted by molar-refractivity contribution is 0.0588. The van der Waals surface area contributed by atoms with E-state index in [4.69, 9.17) is 4.74 Å². The van der Waals surface area contributed by atoms with Gasteiger partial charge in [0.15, 0.2) is 0 Å². The summed E-state index contributed by atoms with van der Waals surface area (Å²) in [6, 6.07) is 22.8. The average Bonchev–Trinajstić information content (AvgIpc) is 3.35. The number of hydrogen-bond acceptors (Lipinski definition) is 4. The molecule has 0 N–H and O–H groups in total. The number of aromatic nitrogens is 1. The predicted molar refractivity (Wildman–Crippen MR) is 143 cm³/mol. The first kappa shape index (κ1) is 24.5. The molecule has 3 aromatic rings. The zero-order valence-electron chi connectivity index (χ0n) is 21.3. The standard InChI is InChI=1S/C31H37N3O2/c1-36-29-16-8-13-26(18-29)30-23-33(20-24-10-9-17-32-19-24)21-27(30)22-34(28-14-6-3-7-15-28)31(35)25-11-4-2-5-12-25/h2,4-5,8-13,16-19,27-28,30H,3,6-7,14-15,20-23H2,1H3. The lowest BCUT2D eigenvalue weighted by Gasteiger charge is -2.37. The Hall–Kier alpha value is -3.18. The molecule has 188 valence electrons. The highest BCUT2D eigenvalue weighted by Crippen LogP contribution is 2.37. The lowest BCUT2D eigenvalue weighted by atomic mass is 9.86. The molecular weight excluding hydrogens is 446 g/mol. The third-order valence-electron chi connectivity index (χ3n) is 7.90. The molecule has 1 aliphatic carbocycles. The number of ether oxygens (including phenoxy) is 1. The van der Waals surface area contributed by atoms with Crippen molar-refractivity contribution in [2.45, 2.75) is 50.6 Å². The van der Waals surface area contributed by atoms with Crippen molar-refractivity contribution in [3.63, 3.8) is 0 Å². The Labute approximate surface area is 215 Å². The van der Waals surface area contributed by atoms with Crippen molar-refractivity contribution in [1.82, 2.24) is 14.8 Å². The number of benzene rings is 2. The van der Waals surface area contributed by atoms with E-state index < -0.39 is 0 Å². The first-order chi connectivity index (χ1) is 17.7. The summed E-state index contributed by atoms with van der Waals surface area (Å²) in [4.78, 5) is 22.9. The summed E-state index contributed by atoms with van der Waals surface area (Å²) in [5, 5.41) is 0. The molecule has 5 heteroatoms. The van der Waals surface area contributed by atoms with E-state index in [1.165, 1.54) is 30.4 Å². The number of methoxy groups -OCH3 is 1. The van der Waals surface area contributed by atoms with Gasteiger partial charge >= 0.3 is 0 Å². The molecule has 2 atom stereocenters. The van der Waals surface area contributed by atoms with Crippen LogP contribution in [0.15, 0.2) is 79.1 Å². The fourth-order valence-corrected chi connectivity index (χ4v) is 6.06. The van der Waals surface area contributed by atoms with Crippen molar-refractivity contribution in [3.05, 3.63) is 95.8 Å². The Morgan fingerprint density at radius 3 is 2.58 bits per heavy atom. The molecule has 5 rings (SSSR count). The van der Waals surface area contributed by atoms with Crippen LogP contribution in [0.3, 0.4) is 0 Å². The van der Waals surface area contributed by atoms with Crippen molar-refractivity contribution in [2.75, 3.05) is 26.7 Å². The summed E-state index contributed by atoms with van der Waals surface area (Å²) in [5.41, 5.74) is 3.32. The number of rotatable bonds is 8. The summed E-state index contributed by atoms with van der Waals surface area (Å²) in [5.74, 6) is 1.76. The van der Waals surface area contributed by atoms with Gasteiger partial charge in [-0.3, -0.25) is 14.7 Å². The van der Waals surface area contributed by atoms with E-state index in [9.17, 15) is 4.79 Å². The summed E-state index contributed by atoms with van der Waals surface area (Å²) >= 11 is 0. The molecule has 36 heavy (non-hydrogen) atoms. The first-order valence-corrected chi connectivity index (χ1v) is 13.3. The van der Waals surface area contributed by atoms with Crippen LogP contribution in [0.2, 0.25) is 0 Å². The van der Waals surface area contributed by atoms with Crippen LogP contribution in [0.25, 0.3) is 0 Å². The number of pyridine rings is 1. The van der Waals surface area contributed by atoms with Gasteiger partial charge in [0.25, 0.3) is 5.91 Å². The largest absolute Gasteiger partial charge is 0.497 e. The van der Waals surface area contributed by atoms with Crippen molar-refractivity contribution in [3.8, 4) is 5.75 Å². The highest BCUT2D eigenvalue weighted by atomic mass is 16.5. The molecule has 2 aromatic carbocycles. The second-order valence-corrected chi connectivity index (χ2v) is 10.3. The van der Waals surface area contributed by atoms with Crippen molar-refractivity contribution < 1.29 is 9.53 Å². The highest BCUT2D eigenvalue weighted by molar-refractivity contribution is 5.94. The molecule has 5 nitrogen and oxygen atoms in total. The number of carbonyl (C=O) groups is 1. The summed E-state index contributed by atoms with van der Waals surface area (Å²) < 4.78 is 5.56. The number of nitrogens with zero attached hydrogens (tertiary/aromatic N) is 3. The van der Waals surface area contributed by atoms with E-state index in [2.05, 4.69) is 39.0 Å². The maximum atomic E-state index is 13.8. The molecule has 0 bridgehead atoms. The van der Waals surface area contributed by atoms with Crippen LogP contribution in [0, 0.1) is 5.92 Å². The molecule has 1 amide bonds. The Kier molecular flexibility index (Phi) is 7.97. The third kappa shape index (κ3) is 5.79. The fourth-order valence-electron chi connectivity index (χ4n) is 6.06. The molecule has 1 aromatic heterocycles. The third-order valence-corrected chi connectivity index (χ3v) is 7.90. The summed E-state index contributed by atoms with van der Waals surface area (Å²) in [6.45, 7) is 3.58. The molecule has 2 heterocycles. The van der Waals surface area contributed by atoms with Gasteiger partial charge in [0.1, 0.15) is 5.75 Å². The zero-order valence-corrected chi connectivity index (χ0v) is 21.3. The van der Waals surface area contributed by atoms with Crippen molar-refractivity contribution >= 4 is 5.91 Å². The molecule has 2 aliphatic rings. The van der Waals surface area contributed by atoms with Gasteiger partial charge in [-0.2, -0.15) is 0 Å². The number of carbonyl (C=O) groups excluding carboxylic acids is 1. The van der Waals surface area contributed by atoms with E-state index in [0.717, 1.165) is 50.3 Å². The van der Waals surface area contributed by atoms with Gasteiger partial charge in [-0.05, 0) is 60.2 Å². The van der Waals surface area contributed by atoms with Gasteiger partial charge in [0.05, 0.1) is 7.11 Å². The molecule has 1 saturated carbocycles. The van der Waals surface area contributed by atoms with E-state index in [-0.39, 0.29) is 5.91 Å². The average molecular weight is 484 g/mol. The number of hydrogen-bond donors (Lipinski definition) is 0. The minimum Gasteiger partial charge on any atom is -0.497 e. The van der Waals surface area contributed by atoms with E-state index >= 15 is 0 Å². The van der Waals surface area contributed by atoms with Gasteiger partial charge in [-0.25, -0.2) is 0 Å². The van der Waals surface area contributed by atoms with E-state index in [1.807, 2.05) is 54.9 Å². The SMILES string of the molecule is COc1cccc(C2CN(Cc3cccnc3)CC2CN(C(=O)c2ccccc2)C2CCCCC2)c1. The van der Waals surface area contributed by atoms with Crippen LogP contribution in [-0.2, 0) is 6.54 Å². The first-order valence-electron chi connectivity index (χ1n) is 13.3. The van der Waals surface area contributed by atoms with Gasteiger partial charge in [-0.15, -0.1) is 0 Å². The van der Waals surface area contributed by atoms with Gasteiger partial charge in [-0.1, -0.05) is 55.7 Å². The van der Waals surface area contributed by atoms with Gasteiger partial charge in [0, 0.05) is 56.1 Å². The number of likely N-dealkylation sites (tertiary alicyclic amines) is 1. The molecular formula is C31H37N3O2. The second-order valence-electron chi connectivity index (χ2n) is 10.3. The predicted octanol–water partition coefficient (Wildman–Crippen LogP) is 5.78. The molecule has 0 radical (unpaired) electrons.